The fourth-order valence-electron chi connectivity index (χ4n) is 3.86. The molecule has 3 atom stereocenters. The zero-order chi connectivity index (χ0) is 12.8. The lowest BCUT2D eigenvalue weighted by Crippen LogP contribution is -2.47. The van der Waals surface area contributed by atoms with Crippen LogP contribution in [0.1, 0.15) is 65.2 Å². The summed E-state index contributed by atoms with van der Waals surface area (Å²) in [4.78, 5) is 0. The molecule has 1 saturated carbocycles. The van der Waals surface area contributed by atoms with Gasteiger partial charge in [0.2, 0.25) is 0 Å². The highest BCUT2D eigenvalue weighted by Crippen LogP contribution is 2.31. The summed E-state index contributed by atoms with van der Waals surface area (Å²) in [5.74, 6) is 1.78. The van der Waals surface area contributed by atoms with Crippen molar-refractivity contribution in [2.45, 2.75) is 77.3 Å². The van der Waals surface area contributed by atoms with Crippen molar-refractivity contribution in [1.82, 2.24) is 10.6 Å². The average Bonchev–Trinajstić information content (AvgIpc) is 2.89. The molecule has 2 aliphatic rings. The molecule has 0 aromatic heterocycles. The van der Waals surface area contributed by atoms with Crippen molar-refractivity contribution in [2.75, 3.05) is 13.1 Å². The van der Waals surface area contributed by atoms with Crippen LogP contribution in [0.5, 0.6) is 0 Å². The van der Waals surface area contributed by atoms with E-state index < -0.39 is 0 Å². The van der Waals surface area contributed by atoms with Gasteiger partial charge in [0.25, 0.3) is 0 Å². The maximum Gasteiger partial charge on any atom is 0.0110 e. The maximum atomic E-state index is 3.89. The molecule has 0 amide bonds. The lowest BCUT2D eigenvalue weighted by atomic mass is 9.88. The van der Waals surface area contributed by atoms with Gasteiger partial charge in [0.15, 0.2) is 0 Å². The van der Waals surface area contributed by atoms with Crippen LogP contribution in [-0.4, -0.2) is 25.2 Å². The third kappa shape index (κ3) is 3.71. The quantitative estimate of drug-likeness (QED) is 0.758. The van der Waals surface area contributed by atoms with E-state index in [0.29, 0.717) is 0 Å². The van der Waals surface area contributed by atoms with Crippen molar-refractivity contribution in [3.05, 3.63) is 0 Å². The highest BCUT2D eigenvalue weighted by atomic mass is 15.0. The summed E-state index contributed by atoms with van der Waals surface area (Å²) in [6, 6.07) is 1.60. The largest absolute Gasteiger partial charge is 0.314 e. The lowest BCUT2D eigenvalue weighted by Gasteiger charge is -2.33. The van der Waals surface area contributed by atoms with Gasteiger partial charge >= 0.3 is 0 Å². The molecule has 2 fully saturated rings. The SMILES string of the molecule is CCC(CC)CNC1CCCC1C1CCCCN1. The molecule has 1 saturated heterocycles. The average molecular weight is 252 g/mol. The minimum atomic E-state index is 0.793. The molecule has 0 aromatic rings. The van der Waals surface area contributed by atoms with Gasteiger partial charge in [-0.25, -0.2) is 0 Å². The molecule has 0 aromatic carbocycles. The predicted molar refractivity (Wildman–Crippen MR) is 78.8 cm³/mol. The highest BCUT2D eigenvalue weighted by molar-refractivity contribution is 4.92. The van der Waals surface area contributed by atoms with E-state index >= 15 is 0 Å². The first-order valence-electron chi connectivity index (χ1n) is 8.31. The molecule has 0 spiro atoms. The predicted octanol–water partition coefficient (Wildman–Crippen LogP) is 3.32. The molecule has 3 unspecified atom stereocenters. The summed E-state index contributed by atoms with van der Waals surface area (Å²) < 4.78 is 0. The molecule has 18 heavy (non-hydrogen) atoms. The molecule has 0 bridgehead atoms. The van der Waals surface area contributed by atoms with E-state index in [1.165, 1.54) is 64.5 Å². The Labute approximate surface area is 113 Å². The van der Waals surface area contributed by atoms with E-state index in [9.17, 15) is 0 Å². The summed E-state index contributed by atoms with van der Waals surface area (Å²) in [6.45, 7) is 7.14. The van der Waals surface area contributed by atoms with Crippen molar-refractivity contribution >= 4 is 0 Å². The van der Waals surface area contributed by atoms with E-state index in [2.05, 4.69) is 24.5 Å². The van der Waals surface area contributed by atoms with E-state index in [1.54, 1.807) is 0 Å². The number of nitrogens with one attached hydrogen (secondary N) is 2. The zero-order valence-corrected chi connectivity index (χ0v) is 12.4. The van der Waals surface area contributed by atoms with Gasteiger partial charge in [-0.05, 0) is 50.6 Å². The van der Waals surface area contributed by atoms with Gasteiger partial charge in [-0.1, -0.05) is 39.5 Å². The fourth-order valence-corrected chi connectivity index (χ4v) is 3.86. The normalized spacial score (nSPS) is 33.2. The standard InChI is InChI=1S/C16H32N2/c1-3-13(4-2)12-18-16-10-7-8-14(16)15-9-5-6-11-17-15/h13-18H,3-12H2,1-2H3. The number of hydrogen-bond acceptors (Lipinski definition) is 2. The van der Waals surface area contributed by atoms with Gasteiger partial charge in [-0.3, -0.25) is 0 Å². The third-order valence-corrected chi connectivity index (χ3v) is 5.26. The molecular weight excluding hydrogens is 220 g/mol. The summed E-state index contributed by atoms with van der Waals surface area (Å²) in [7, 11) is 0. The number of rotatable bonds is 6. The smallest absolute Gasteiger partial charge is 0.0110 e. The first kappa shape index (κ1) is 14.3. The van der Waals surface area contributed by atoms with Crippen molar-refractivity contribution < 1.29 is 0 Å². The van der Waals surface area contributed by atoms with Crippen molar-refractivity contribution in [1.29, 1.82) is 0 Å². The molecule has 1 aliphatic carbocycles. The molecule has 2 heteroatoms. The van der Waals surface area contributed by atoms with Crippen LogP contribution < -0.4 is 10.6 Å². The van der Waals surface area contributed by atoms with Gasteiger partial charge < -0.3 is 10.6 Å². The lowest BCUT2D eigenvalue weighted by molar-refractivity contribution is 0.250. The van der Waals surface area contributed by atoms with Crippen molar-refractivity contribution in [3.8, 4) is 0 Å². The Balaban J connectivity index is 1.79. The molecule has 0 radical (unpaired) electrons. The second-order valence-corrected chi connectivity index (χ2v) is 6.35. The van der Waals surface area contributed by atoms with Crippen LogP contribution in [0, 0.1) is 11.8 Å². The second kappa shape index (κ2) is 7.49. The maximum absolute atomic E-state index is 3.89. The minimum absolute atomic E-state index is 0.793. The first-order valence-corrected chi connectivity index (χ1v) is 8.31. The van der Waals surface area contributed by atoms with Crippen LogP contribution >= 0.6 is 0 Å². The van der Waals surface area contributed by atoms with Crippen LogP contribution in [0.3, 0.4) is 0 Å². The summed E-state index contributed by atoms with van der Waals surface area (Å²) in [6.07, 6.45) is 11.2. The molecular formula is C16H32N2. The van der Waals surface area contributed by atoms with Crippen molar-refractivity contribution in [2.24, 2.45) is 11.8 Å². The number of hydrogen-bond donors (Lipinski definition) is 2. The monoisotopic (exact) mass is 252 g/mol. The Morgan fingerprint density at radius 1 is 1.06 bits per heavy atom. The fraction of sp³-hybridized carbons (Fsp3) is 1.00. The Bertz CT molecular complexity index is 219. The highest BCUT2D eigenvalue weighted by Gasteiger charge is 2.33. The van der Waals surface area contributed by atoms with Gasteiger partial charge in [-0.2, -0.15) is 0 Å². The van der Waals surface area contributed by atoms with Crippen molar-refractivity contribution in [3.63, 3.8) is 0 Å². The number of piperidine rings is 1. The van der Waals surface area contributed by atoms with E-state index in [-0.39, 0.29) is 0 Å². The second-order valence-electron chi connectivity index (χ2n) is 6.35. The van der Waals surface area contributed by atoms with Crippen LogP contribution in [0.15, 0.2) is 0 Å². The minimum Gasteiger partial charge on any atom is -0.314 e. The molecule has 2 nitrogen and oxygen atoms in total. The Morgan fingerprint density at radius 2 is 1.89 bits per heavy atom. The van der Waals surface area contributed by atoms with E-state index in [1.807, 2.05) is 0 Å². The van der Waals surface area contributed by atoms with Crippen LogP contribution in [-0.2, 0) is 0 Å². The van der Waals surface area contributed by atoms with E-state index in [0.717, 1.165) is 23.9 Å². The van der Waals surface area contributed by atoms with Crippen LogP contribution in [0.2, 0.25) is 0 Å². The van der Waals surface area contributed by atoms with Crippen LogP contribution in [0.4, 0.5) is 0 Å². The van der Waals surface area contributed by atoms with Gasteiger partial charge in [-0.15, -0.1) is 0 Å². The molecule has 1 heterocycles. The van der Waals surface area contributed by atoms with Gasteiger partial charge in [0.1, 0.15) is 0 Å². The molecule has 2 rings (SSSR count). The molecule has 1 aliphatic heterocycles. The van der Waals surface area contributed by atoms with E-state index in [4.69, 9.17) is 0 Å². The first-order chi connectivity index (χ1) is 8.85. The summed E-state index contributed by atoms with van der Waals surface area (Å²) in [5, 5.41) is 7.66. The third-order valence-electron chi connectivity index (χ3n) is 5.26. The zero-order valence-electron chi connectivity index (χ0n) is 12.4. The van der Waals surface area contributed by atoms with Crippen LogP contribution in [0.25, 0.3) is 0 Å². The van der Waals surface area contributed by atoms with Gasteiger partial charge in [0.05, 0.1) is 0 Å². The Morgan fingerprint density at radius 3 is 2.56 bits per heavy atom. The molecule has 106 valence electrons. The Hall–Kier alpha value is -0.0800. The topological polar surface area (TPSA) is 24.1 Å². The summed E-state index contributed by atoms with van der Waals surface area (Å²) in [5.41, 5.74) is 0. The molecule has 2 N–H and O–H groups in total. The summed E-state index contributed by atoms with van der Waals surface area (Å²) >= 11 is 0. The van der Waals surface area contributed by atoms with Gasteiger partial charge in [0, 0.05) is 12.1 Å². The Kier molecular flexibility index (Phi) is 5.97.